The molecule has 1 aliphatic rings. The summed E-state index contributed by atoms with van der Waals surface area (Å²) in [6.45, 7) is -0.572. The van der Waals surface area contributed by atoms with E-state index in [1.165, 1.54) is 36.7 Å². The smallest absolute Gasteiger partial charge is 0.416 e. The Morgan fingerprint density at radius 2 is 2.00 bits per heavy atom. The molecule has 7 nitrogen and oxygen atoms in total. The van der Waals surface area contributed by atoms with Gasteiger partial charge in [0.25, 0.3) is 0 Å². The highest BCUT2D eigenvalue weighted by Gasteiger charge is 2.35. The Bertz CT molecular complexity index is 949. The molecule has 1 aromatic carbocycles. The topological polar surface area (TPSA) is 77.3 Å². The number of alkyl halides is 4. The van der Waals surface area contributed by atoms with Crippen molar-refractivity contribution in [1.29, 1.82) is 0 Å². The highest BCUT2D eigenvalue weighted by molar-refractivity contribution is 5.92. The monoisotopic (exact) mass is 412 g/mol. The fourth-order valence-electron chi connectivity index (χ4n) is 2.76. The molecule has 29 heavy (non-hydrogen) atoms. The van der Waals surface area contributed by atoms with Crippen molar-refractivity contribution in [2.45, 2.75) is 12.9 Å². The Morgan fingerprint density at radius 3 is 2.62 bits per heavy atom. The average molecular weight is 412 g/mol. The Balaban J connectivity index is 1.71. The zero-order valence-corrected chi connectivity index (χ0v) is 15.2. The Labute approximate surface area is 162 Å². The van der Waals surface area contributed by atoms with Gasteiger partial charge >= 0.3 is 12.1 Å². The zero-order chi connectivity index (χ0) is 21.2. The summed E-state index contributed by atoms with van der Waals surface area (Å²) in [6, 6.07) is 2.80. The van der Waals surface area contributed by atoms with Crippen LogP contribution >= 0.6 is 0 Å². The first-order chi connectivity index (χ1) is 13.7. The fourth-order valence-corrected chi connectivity index (χ4v) is 2.76. The number of hydrogen-bond donors (Lipinski definition) is 0. The molecule has 1 fully saturated rings. The third kappa shape index (κ3) is 4.61. The van der Waals surface area contributed by atoms with Gasteiger partial charge in [-0.05, 0) is 23.8 Å². The molecule has 1 aliphatic heterocycles. The quantitative estimate of drug-likeness (QED) is 0.429. The summed E-state index contributed by atoms with van der Waals surface area (Å²) >= 11 is 0. The van der Waals surface area contributed by atoms with Crippen LogP contribution in [-0.4, -0.2) is 51.7 Å². The van der Waals surface area contributed by atoms with Crippen LogP contribution < -0.4 is 0 Å². The molecule has 2 aromatic rings. The van der Waals surface area contributed by atoms with Crippen LogP contribution in [0.3, 0.4) is 0 Å². The molecular formula is C18H16F4N4O3. The highest BCUT2D eigenvalue weighted by atomic mass is 19.4. The summed E-state index contributed by atoms with van der Waals surface area (Å²) in [7, 11) is 1.27. The van der Waals surface area contributed by atoms with Gasteiger partial charge in [0.05, 0.1) is 18.6 Å². The van der Waals surface area contributed by atoms with E-state index in [0.717, 1.165) is 16.8 Å². The summed E-state index contributed by atoms with van der Waals surface area (Å²) in [5.74, 6) is -1.13. The standard InChI is InChI=1S/C18H16F4N4O3/c1-29-17(28)13-8-25(9-13)15(27)2-3-26-10-23-16(24-26)12-4-11(7-19)5-14(6-12)18(20,21)22/h2-6,10,13H,7-9H2,1H3/b3-2-. The number of benzene rings is 1. The van der Waals surface area contributed by atoms with E-state index in [1.807, 2.05) is 0 Å². The lowest BCUT2D eigenvalue weighted by Gasteiger charge is -2.36. The number of methoxy groups -OCH3 is 1. The zero-order valence-electron chi connectivity index (χ0n) is 15.2. The van der Waals surface area contributed by atoms with Gasteiger partial charge < -0.3 is 9.64 Å². The fraction of sp³-hybridized carbons (Fsp3) is 0.333. The number of aromatic nitrogens is 3. The van der Waals surface area contributed by atoms with Crippen LogP contribution in [-0.2, 0) is 27.2 Å². The first-order valence-corrected chi connectivity index (χ1v) is 8.45. The second-order valence-corrected chi connectivity index (χ2v) is 6.38. The molecule has 0 radical (unpaired) electrons. The number of hydrogen-bond acceptors (Lipinski definition) is 5. The minimum absolute atomic E-state index is 0.00890. The normalized spacial score (nSPS) is 14.9. The maximum atomic E-state index is 13.0. The van der Waals surface area contributed by atoms with Crippen LogP contribution in [0, 0.1) is 5.92 Å². The lowest BCUT2D eigenvalue weighted by atomic mass is 10.0. The maximum absolute atomic E-state index is 13.0. The van der Waals surface area contributed by atoms with Crippen LogP contribution in [0.1, 0.15) is 11.1 Å². The van der Waals surface area contributed by atoms with E-state index in [0.29, 0.717) is 0 Å². The Kier molecular flexibility index (Phi) is 5.66. The number of ether oxygens (including phenoxy) is 1. The number of carbonyl (C=O) groups is 2. The van der Waals surface area contributed by atoms with Crippen molar-refractivity contribution in [3.8, 4) is 11.4 Å². The first kappa shape index (κ1) is 20.5. The number of carbonyl (C=O) groups excluding carboxylic acids is 2. The second kappa shape index (κ2) is 8.02. The van der Waals surface area contributed by atoms with E-state index in [2.05, 4.69) is 14.8 Å². The van der Waals surface area contributed by atoms with Crippen molar-refractivity contribution in [2.75, 3.05) is 20.2 Å². The predicted octanol–water partition coefficient (Wildman–Crippen LogP) is 2.54. The van der Waals surface area contributed by atoms with E-state index < -0.39 is 18.4 Å². The molecule has 0 spiro atoms. The second-order valence-electron chi connectivity index (χ2n) is 6.38. The highest BCUT2D eigenvalue weighted by Crippen LogP contribution is 2.33. The number of rotatable bonds is 5. The molecule has 1 amide bonds. The molecule has 154 valence electrons. The summed E-state index contributed by atoms with van der Waals surface area (Å²) in [5, 5.41) is 3.99. The number of likely N-dealkylation sites (tertiary alicyclic amines) is 1. The lowest BCUT2D eigenvalue weighted by Crippen LogP contribution is -2.52. The van der Waals surface area contributed by atoms with Gasteiger partial charge in [-0.2, -0.15) is 13.2 Å². The number of nitrogens with zero attached hydrogens (tertiary/aromatic N) is 4. The maximum Gasteiger partial charge on any atom is 0.416 e. The van der Waals surface area contributed by atoms with E-state index in [1.54, 1.807) is 0 Å². The van der Waals surface area contributed by atoms with E-state index in [9.17, 15) is 27.2 Å². The van der Waals surface area contributed by atoms with E-state index >= 15 is 0 Å². The molecule has 11 heteroatoms. The molecule has 3 rings (SSSR count). The number of esters is 1. The van der Waals surface area contributed by atoms with Gasteiger partial charge in [0.1, 0.15) is 13.0 Å². The van der Waals surface area contributed by atoms with Crippen molar-refractivity contribution in [3.63, 3.8) is 0 Å². The predicted molar refractivity (Wildman–Crippen MR) is 92.7 cm³/mol. The molecule has 0 aliphatic carbocycles. The molecule has 1 aromatic heterocycles. The van der Waals surface area contributed by atoms with E-state index in [4.69, 9.17) is 0 Å². The van der Waals surface area contributed by atoms with Crippen molar-refractivity contribution >= 4 is 18.1 Å². The molecule has 2 heterocycles. The minimum atomic E-state index is -4.63. The van der Waals surface area contributed by atoms with Crippen LogP contribution in [0.15, 0.2) is 30.6 Å². The summed E-state index contributed by atoms with van der Waals surface area (Å²) in [4.78, 5) is 28.7. The van der Waals surface area contributed by atoms with Crippen LogP contribution in [0.5, 0.6) is 0 Å². The van der Waals surface area contributed by atoms with Crippen LogP contribution in [0.2, 0.25) is 0 Å². The molecule has 0 N–H and O–H groups in total. The molecule has 0 bridgehead atoms. The molecule has 0 saturated carbocycles. The Morgan fingerprint density at radius 1 is 1.28 bits per heavy atom. The van der Waals surface area contributed by atoms with Gasteiger partial charge in [-0.1, -0.05) is 0 Å². The van der Waals surface area contributed by atoms with Crippen molar-refractivity contribution in [3.05, 3.63) is 41.7 Å². The third-order valence-electron chi connectivity index (χ3n) is 4.34. The van der Waals surface area contributed by atoms with Gasteiger partial charge in [0.15, 0.2) is 5.82 Å². The average Bonchev–Trinajstić information content (AvgIpc) is 3.13. The van der Waals surface area contributed by atoms with Gasteiger partial charge in [0, 0.05) is 30.9 Å². The molecule has 0 atom stereocenters. The van der Waals surface area contributed by atoms with Crippen molar-refractivity contribution in [2.24, 2.45) is 5.92 Å². The van der Waals surface area contributed by atoms with Crippen LogP contribution in [0.4, 0.5) is 17.6 Å². The minimum Gasteiger partial charge on any atom is -0.469 e. The van der Waals surface area contributed by atoms with Gasteiger partial charge in [-0.15, -0.1) is 5.10 Å². The first-order valence-electron chi connectivity index (χ1n) is 8.45. The van der Waals surface area contributed by atoms with Crippen molar-refractivity contribution < 1.29 is 31.9 Å². The Hall–Kier alpha value is -3.24. The largest absolute Gasteiger partial charge is 0.469 e. The van der Waals surface area contributed by atoms with Gasteiger partial charge in [-0.25, -0.2) is 14.1 Å². The molecule has 0 unspecified atom stereocenters. The number of amides is 1. The van der Waals surface area contributed by atoms with Crippen LogP contribution in [0.25, 0.3) is 17.6 Å². The number of halogens is 4. The van der Waals surface area contributed by atoms with E-state index in [-0.39, 0.29) is 47.8 Å². The molecule has 1 saturated heterocycles. The van der Waals surface area contributed by atoms with Gasteiger partial charge in [0.2, 0.25) is 5.91 Å². The van der Waals surface area contributed by atoms with Crippen molar-refractivity contribution in [1.82, 2.24) is 19.7 Å². The summed E-state index contributed by atoms with van der Waals surface area (Å²) in [5.41, 5.74) is -1.13. The summed E-state index contributed by atoms with van der Waals surface area (Å²) in [6.07, 6.45) is -0.936. The van der Waals surface area contributed by atoms with Gasteiger partial charge in [-0.3, -0.25) is 9.59 Å². The summed E-state index contributed by atoms with van der Waals surface area (Å²) < 4.78 is 57.6. The molecular weight excluding hydrogens is 396 g/mol. The SMILES string of the molecule is COC(=O)C1CN(C(=O)/C=C\n2cnc(-c3cc(CF)cc(C(F)(F)F)c3)n2)C1. The third-order valence-corrected chi connectivity index (χ3v) is 4.34. The lowest BCUT2D eigenvalue weighted by molar-refractivity contribution is -0.154.